The highest BCUT2D eigenvalue weighted by atomic mass is 16.5. The molecule has 1 amide bonds. The van der Waals surface area contributed by atoms with Gasteiger partial charge in [-0.3, -0.25) is 9.59 Å². The van der Waals surface area contributed by atoms with Gasteiger partial charge in [0.1, 0.15) is 11.3 Å². The number of hydrogen-bond acceptors (Lipinski definition) is 5. The molecule has 0 aliphatic carbocycles. The minimum Gasteiger partial charge on any atom is -0.497 e. The Bertz CT molecular complexity index is 1120. The molecule has 2 heterocycles. The smallest absolute Gasteiger partial charge is 0.290 e. The van der Waals surface area contributed by atoms with Crippen molar-refractivity contribution < 1.29 is 18.7 Å². The fourth-order valence-corrected chi connectivity index (χ4v) is 3.88. The molecule has 150 valence electrons. The third kappa shape index (κ3) is 3.29. The molecular formula is C23H23NO5. The van der Waals surface area contributed by atoms with Crippen LogP contribution in [0.4, 0.5) is 0 Å². The first-order valence-corrected chi connectivity index (χ1v) is 9.56. The van der Waals surface area contributed by atoms with Crippen molar-refractivity contribution in [2.75, 3.05) is 27.4 Å². The first-order chi connectivity index (χ1) is 14.0. The van der Waals surface area contributed by atoms with E-state index in [0.717, 1.165) is 11.1 Å². The van der Waals surface area contributed by atoms with Gasteiger partial charge in [0.25, 0.3) is 5.91 Å². The highest BCUT2D eigenvalue weighted by molar-refractivity contribution is 5.99. The summed E-state index contributed by atoms with van der Waals surface area (Å²) in [5, 5.41) is 0.494. The highest BCUT2D eigenvalue weighted by Gasteiger charge is 2.42. The summed E-state index contributed by atoms with van der Waals surface area (Å²) in [6.07, 6.45) is 0.662. The fraction of sp³-hybridized carbons (Fsp3) is 0.304. The molecule has 1 aliphatic rings. The van der Waals surface area contributed by atoms with Crippen molar-refractivity contribution in [3.8, 4) is 5.75 Å². The van der Waals surface area contributed by atoms with Crippen molar-refractivity contribution in [2.45, 2.75) is 19.4 Å². The number of carbonyl (C=O) groups is 1. The first-order valence-electron chi connectivity index (χ1n) is 9.56. The van der Waals surface area contributed by atoms with E-state index >= 15 is 0 Å². The minimum atomic E-state index is -0.499. The number of rotatable bonds is 6. The van der Waals surface area contributed by atoms with Crippen LogP contribution in [0.2, 0.25) is 0 Å². The second kappa shape index (κ2) is 7.72. The third-order valence-corrected chi connectivity index (χ3v) is 5.30. The Labute approximate surface area is 168 Å². The van der Waals surface area contributed by atoms with Gasteiger partial charge in [-0.25, -0.2) is 0 Å². The van der Waals surface area contributed by atoms with E-state index in [4.69, 9.17) is 13.9 Å². The zero-order chi connectivity index (χ0) is 20.5. The van der Waals surface area contributed by atoms with E-state index in [1.807, 2.05) is 43.3 Å². The number of fused-ring (bicyclic) bond motifs is 2. The van der Waals surface area contributed by atoms with Crippen LogP contribution in [0.15, 0.2) is 51.7 Å². The van der Waals surface area contributed by atoms with Crippen molar-refractivity contribution in [1.82, 2.24) is 4.90 Å². The second-order valence-corrected chi connectivity index (χ2v) is 7.19. The number of hydrogen-bond donors (Lipinski definition) is 0. The number of carbonyl (C=O) groups excluding carboxylic acids is 1. The van der Waals surface area contributed by atoms with Crippen LogP contribution in [0.3, 0.4) is 0 Å². The average molecular weight is 393 g/mol. The molecule has 0 bridgehead atoms. The molecule has 2 aromatic carbocycles. The van der Waals surface area contributed by atoms with E-state index in [9.17, 15) is 9.59 Å². The molecule has 0 unspecified atom stereocenters. The predicted molar refractivity (Wildman–Crippen MR) is 110 cm³/mol. The molecule has 1 aromatic heterocycles. The molecule has 0 spiro atoms. The Morgan fingerprint density at radius 3 is 2.52 bits per heavy atom. The van der Waals surface area contributed by atoms with Crippen LogP contribution in [-0.2, 0) is 4.74 Å². The summed E-state index contributed by atoms with van der Waals surface area (Å²) in [7, 11) is 3.23. The number of methoxy groups -OCH3 is 2. The molecule has 6 heteroatoms. The number of amides is 1. The van der Waals surface area contributed by atoms with E-state index in [-0.39, 0.29) is 17.1 Å². The maximum absolute atomic E-state index is 13.4. The minimum absolute atomic E-state index is 0.129. The summed E-state index contributed by atoms with van der Waals surface area (Å²) in [5.41, 5.74) is 2.48. The van der Waals surface area contributed by atoms with Crippen molar-refractivity contribution in [1.29, 1.82) is 0 Å². The number of nitrogens with zero attached hydrogens (tertiary/aromatic N) is 1. The second-order valence-electron chi connectivity index (χ2n) is 7.19. The molecule has 0 saturated carbocycles. The topological polar surface area (TPSA) is 69.0 Å². The number of benzene rings is 2. The van der Waals surface area contributed by atoms with E-state index in [1.54, 1.807) is 25.2 Å². The van der Waals surface area contributed by atoms with Crippen molar-refractivity contribution >= 4 is 16.9 Å². The number of ether oxygens (including phenoxy) is 2. The van der Waals surface area contributed by atoms with Gasteiger partial charge in [-0.05, 0) is 43.2 Å². The standard InChI is InChI=1S/C23H23NO5/c1-14-5-10-18-17(13-14)21(25)19-20(15-6-8-16(28-3)9-7-15)24(11-4-12-27-2)23(26)22(19)29-18/h5-10,13,20H,4,11-12H2,1-3H3/t20-/m1/s1. The molecule has 0 radical (unpaired) electrons. The van der Waals surface area contributed by atoms with Crippen LogP contribution in [0, 0.1) is 6.92 Å². The van der Waals surface area contributed by atoms with Gasteiger partial charge < -0.3 is 18.8 Å². The summed E-state index contributed by atoms with van der Waals surface area (Å²) < 4.78 is 16.3. The van der Waals surface area contributed by atoms with Gasteiger partial charge in [-0.15, -0.1) is 0 Å². The molecule has 6 nitrogen and oxygen atoms in total. The third-order valence-electron chi connectivity index (χ3n) is 5.30. The van der Waals surface area contributed by atoms with Gasteiger partial charge in [0.05, 0.1) is 24.1 Å². The number of aryl methyl sites for hydroxylation is 1. The zero-order valence-electron chi connectivity index (χ0n) is 16.7. The van der Waals surface area contributed by atoms with Crippen LogP contribution in [0.5, 0.6) is 5.75 Å². The predicted octanol–water partition coefficient (Wildman–Crippen LogP) is 3.69. The van der Waals surface area contributed by atoms with Gasteiger partial charge in [-0.2, -0.15) is 0 Å². The molecule has 1 atom stereocenters. The average Bonchev–Trinajstić information content (AvgIpc) is 3.01. The van der Waals surface area contributed by atoms with E-state index in [2.05, 4.69) is 0 Å². The van der Waals surface area contributed by atoms with Gasteiger partial charge in [-0.1, -0.05) is 23.8 Å². The van der Waals surface area contributed by atoms with E-state index in [0.29, 0.717) is 41.9 Å². The molecule has 29 heavy (non-hydrogen) atoms. The monoisotopic (exact) mass is 393 g/mol. The molecule has 0 fully saturated rings. The van der Waals surface area contributed by atoms with Crippen LogP contribution in [0.25, 0.3) is 11.0 Å². The molecule has 1 aliphatic heterocycles. The molecule has 3 aromatic rings. The Hall–Kier alpha value is -3.12. The lowest BCUT2D eigenvalue weighted by Crippen LogP contribution is -2.31. The van der Waals surface area contributed by atoms with Crippen molar-refractivity contribution in [3.05, 3.63) is 75.1 Å². The molecule has 4 rings (SSSR count). The Balaban J connectivity index is 1.90. The van der Waals surface area contributed by atoms with Crippen LogP contribution in [0.1, 0.15) is 39.7 Å². The van der Waals surface area contributed by atoms with Gasteiger partial charge in [0, 0.05) is 20.3 Å². The maximum Gasteiger partial charge on any atom is 0.290 e. The Morgan fingerprint density at radius 2 is 1.83 bits per heavy atom. The summed E-state index contributed by atoms with van der Waals surface area (Å²) >= 11 is 0. The summed E-state index contributed by atoms with van der Waals surface area (Å²) in [4.78, 5) is 28.3. The van der Waals surface area contributed by atoms with Crippen LogP contribution >= 0.6 is 0 Å². The molecular weight excluding hydrogens is 370 g/mol. The Kier molecular flexibility index (Phi) is 5.11. The quantitative estimate of drug-likeness (QED) is 0.598. The van der Waals surface area contributed by atoms with Crippen LogP contribution < -0.4 is 10.2 Å². The first kappa shape index (κ1) is 19.2. The summed E-state index contributed by atoms with van der Waals surface area (Å²) in [5.74, 6) is 0.575. The largest absolute Gasteiger partial charge is 0.497 e. The lowest BCUT2D eigenvalue weighted by Gasteiger charge is -2.25. The summed E-state index contributed by atoms with van der Waals surface area (Å²) in [6.45, 7) is 2.91. The van der Waals surface area contributed by atoms with Crippen LogP contribution in [-0.4, -0.2) is 38.2 Å². The highest BCUT2D eigenvalue weighted by Crippen LogP contribution is 2.38. The van der Waals surface area contributed by atoms with E-state index in [1.165, 1.54) is 0 Å². The molecule has 0 saturated heterocycles. The molecule has 0 N–H and O–H groups in total. The van der Waals surface area contributed by atoms with Gasteiger partial charge in [0.15, 0.2) is 5.43 Å². The maximum atomic E-state index is 13.4. The van der Waals surface area contributed by atoms with Gasteiger partial charge >= 0.3 is 0 Å². The van der Waals surface area contributed by atoms with Crippen molar-refractivity contribution in [3.63, 3.8) is 0 Å². The normalized spacial score (nSPS) is 15.8. The zero-order valence-corrected chi connectivity index (χ0v) is 16.7. The Morgan fingerprint density at radius 1 is 1.07 bits per heavy atom. The SMILES string of the molecule is COCCCN1C(=O)c2oc3ccc(C)cc3c(=O)c2[C@H]1c1ccc(OC)cc1. The fourth-order valence-electron chi connectivity index (χ4n) is 3.88. The lowest BCUT2D eigenvalue weighted by atomic mass is 9.98. The van der Waals surface area contributed by atoms with Crippen molar-refractivity contribution in [2.24, 2.45) is 0 Å². The van der Waals surface area contributed by atoms with Gasteiger partial charge in [0.2, 0.25) is 5.76 Å². The lowest BCUT2D eigenvalue weighted by molar-refractivity contribution is 0.0708. The van der Waals surface area contributed by atoms with E-state index < -0.39 is 6.04 Å². The summed E-state index contributed by atoms with van der Waals surface area (Å²) in [6, 6.07) is 12.4.